The zero-order chi connectivity index (χ0) is 16.1. The lowest BCUT2D eigenvalue weighted by Gasteiger charge is -2.46. The summed E-state index contributed by atoms with van der Waals surface area (Å²) in [6, 6.07) is 1.47. The van der Waals surface area contributed by atoms with Crippen molar-refractivity contribution in [3.05, 3.63) is 0 Å². The lowest BCUT2D eigenvalue weighted by Crippen LogP contribution is -2.44. The smallest absolute Gasteiger partial charge is 0.0587 e. The van der Waals surface area contributed by atoms with Crippen LogP contribution in [0.5, 0.6) is 0 Å². The molecule has 0 spiro atoms. The second-order valence-corrected chi connectivity index (χ2v) is 15.0. The quantitative estimate of drug-likeness (QED) is 0.539. The van der Waals surface area contributed by atoms with Crippen LogP contribution in [0, 0.1) is 16.7 Å². The maximum absolute atomic E-state index is 5.17. The van der Waals surface area contributed by atoms with Gasteiger partial charge < -0.3 is 10.1 Å². The molecule has 0 amide bonds. The van der Waals surface area contributed by atoms with Crippen LogP contribution in [0.1, 0.15) is 46.5 Å². The molecule has 1 aliphatic carbocycles. The lowest BCUT2D eigenvalue weighted by atomic mass is 9.64. The Morgan fingerprint density at radius 2 is 1.71 bits per heavy atom. The summed E-state index contributed by atoms with van der Waals surface area (Å²) in [6.45, 7) is 17.8. The molecule has 0 heterocycles. The van der Waals surface area contributed by atoms with Crippen molar-refractivity contribution in [2.24, 2.45) is 16.7 Å². The topological polar surface area (TPSA) is 21.3 Å². The molecule has 0 bridgehead atoms. The minimum absolute atomic E-state index is 0.481. The number of ether oxygens (including phenoxy) is 1. The van der Waals surface area contributed by atoms with Crippen LogP contribution >= 0.6 is 0 Å². The zero-order valence-electron chi connectivity index (χ0n) is 15.6. The van der Waals surface area contributed by atoms with Gasteiger partial charge in [-0.15, -0.1) is 0 Å². The number of methoxy groups -OCH3 is 1. The minimum atomic E-state index is -1.02. The molecular formula is C18H39NOSi. The van der Waals surface area contributed by atoms with Crippen LogP contribution in [0.2, 0.25) is 25.7 Å². The summed E-state index contributed by atoms with van der Waals surface area (Å²) < 4.78 is 5.17. The van der Waals surface area contributed by atoms with Gasteiger partial charge in [0.15, 0.2) is 0 Å². The molecule has 21 heavy (non-hydrogen) atoms. The average molecular weight is 314 g/mol. The molecule has 0 aromatic carbocycles. The molecule has 0 radical (unpaired) electrons. The third kappa shape index (κ3) is 6.83. The van der Waals surface area contributed by atoms with Crippen molar-refractivity contribution in [3.63, 3.8) is 0 Å². The highest BCUT2D eigenvalue weighted by atomic mass is 28.3. The first kappa shape index (κ1) is 19.2. The van der Waals surface area contributed by atoms with E-state index in [0.29, 0.717) is 10.8 Å². The van der Waals surface area contributed by atoms with E-state index in [1.807, 2.05) is 0 Å². The van der Waals surface area contributed by atoms with E-state index in [4.69, 9.17) is 4.74 Å². The standard InChI is InChI=1S/C18H39NOSi/c1-17(2,3)16-8-10-18(11-9-16,15-21(5,6)7)14-19-12-13-20-4/h16,19H,8-15H2,1-7H3. The van der Waals surface area contributed by atoms with Gasteiger partial charge in [-0.2, -0.15) is 0 Å². The number of hydrogen-bond donors (Lipinski definition) is 1. The molecule has 1 rings (SSSR count). The van der Waals surface area contributed by atoms with Crippen molar-refractivity contribution in [3.8, 4) is 0 Å². The summed E-state index contributed by atoms with van der Waals surface area (Å²) in [6.07, 6.45) is 5.66. The summed E-state index contributed by atoms with van der Waals surface area (Å²) in [4.78, 5) is 0. The van der Waals surface area contributed by atoms with Crippen molar-refractivity contribution in [1.82, 2.24) is 5.32 Å². The molecule has 1 N–H and O–H groups in total. The maximum Gasteiger partial charge on any atom is 0.0587 e. The molecular weight excluding hydrogens is 274 g/mol. The van der Waals surface area contributed by atoms with Crippen LogP contribution < -0.4 is 5.32 Å². The van der Waals surface area contributed by atoms with Crippen molar-refractivity contribution in [1.29, 1.82) is 0 Å². The van der Waals surface area contributed by atoms with Crippen LogP contribution in [0.4, 0.5) is 0 Å². The van der Waals surface area contributed by atoms with Crippen LogP contribution in [0.25, 0.3) is 0 Å². The van der Waals surface area contributed by atoms with Gasteiger partial charge in [-0.3, -0.25) is 0 Å². The van der Waals surface area contributed by atoms with Gasteiger partial charge in [-0.1, -0.05) is 46.5 Å². The summed E-state index contributed by atoms with van der Waals surface area (Å²) in [5.41, 5.74) is 1.04. The highest BCUT2D eigenvalue weighted by Crippen LogP contribution is 2.48. The lowest BCUT2D eigenvalue weighted by molar-refractivity contribution is 0.0957. The van der Waals surface area contributed by atoms with E-state index in [9.17, 15) is 0 Å². The number of hydrogen-bond acceptors (Lipinski definition) is 2. The fourth-order valence-corrected chi connectivity index (χ4v) is 6.89. The molecule has 0 aromatic heterocycles. The van der Waals surface area contributed by atoms with Crippen LogP contribution in [-0.2, 0) is 4.74 Å². The van der Waals surface area contributed by atoms with Crippen LogP contribution in [0.3, 0.4) is 0 Å². The van der Waals surface area contributed by atoms with Crippen LogP contribution in [0.15, 0.2) is 0 Å². The van der Waals surface area contributed by atoms with Gasteiger partial charge in [-0.25, -0.2) is 0 Å². The third-order valence-electron chi connectivity index (χ3n) is 5.16. The molecule has 126 valence electrons. The summed E-state index contributed by atoms with van der Waals surface area (Å²) in [5.74, 6) is 0.909. The number of rotatable bonds is 7. The fourth-order valence-electron chi connectivity index (χ4n) is 4.17. The van der Waals surface area contributed by atoms with Gasteiger partial charge in [0.25, 0.3) is 0 Å². The summed E-state index contributed by atoms with van der Waals surface area (Å²) >= 11 is 0. The molecule has 0 aliphatic heterocycles. The number of nitrogens with one attached hydrogen (secondary N) is 1. The SMILES string of the molecule is COCCNCC1(C[Si](C)(C)C)CCC(C(C)(C)C)CC1. The Balaban J connectivity index is 2.63. The Hall–Kier alpha value is 0.137. The Labute approximate surface area is 134 Å². The first-order valence-electron chi connectivity index (χ1n) is 8.78. The molecule has 0 aromatic rings. The van der Waals surface area contributed by atoms with Gasteiger partial charge in [0.2, 0.25) is 0 Å². The molecule has 0 atom stereocenters. The Bertz CT molecular complexity index is 295. The summed E-state index contributed by atoms with van der Waals surface area (Å²) in [7, 11) is 0.761. The van der Waals surface area contributed by atoms with Crippen molar-refractivity contribution in [2.45, 2.75) is 72.1 Å². The third-order valence-corrected chi connectivity index (χ3v) is 6.97. The van der Waals surface area contributed by atoms with Gasteiger partial charge in [0.05, 0.1) is 6.61 Å². The maximum atomic E-state index is 5.17. The van der Waals surface area contributed by atoms with Crippen molar-refractivity contribution in [2.75, 3.05) is 26.8 Å². The molecule has 1 fully saturated rings. The van der Waals surface area contributed by atoms with Gasteiger partial charge >= 0.3 is 0 Å². The van der Waals surface area contributed by atoms with E-state index < -0.39 is 8.07 Å². The van der Waals surface area contributed by atoms with Crippen molar-refractivity contribution >= 4 is 8.07 Å². The first-order valence-corrected chi connectivity index (χ1v) is 12.5. The van der Waals surface area contributed by atoms with E-state index in [1.165, 1.54) is 38.3 Å². The van der Waals surface area contributed by atoms with E-state index in [-0.39, 0.29) is 0 Å². The molecule has 1 aliphatic rings. The molecule has 3 heteroatoms. The highest BCUT2D eigenvalue weighted by Gasteiger charge is 2.40. The Morgan fingerprint density at radius 3 is 2.14 bits per heavy atom. The molecule has 2 nitrogen and oxygen atoms in total. The largest absolute Gasteiger partial charge is 0.383 e. The normalized spacial score (nSPS) is 27.9. The predicted molar refractivity (Wildman–Crippen MR) is 96.7 cm³/mol. The van der Waals surface area contributed by atoms with Gasteiger partial charge in [-0.05, 0) is 42.4 Å². The Kier molecular flexibility index (Phi) is 6.95. The second kappa shape index (κ2) is 7.61. The van der Waals surface area contributed by atoms with Crippen LogP contribution in [-0.4, -0.2) is 34.9 Å². The highest BCUT2D eigenvalue weighted by molar-refractivity contribution is 6.76. The van der Waals surface area contributed by atoms with E-state index in [0.717, 1.165) is 19.1 Å². The van der Waals surface area contributed by atoms with E-state index >= 15 is 0 Å². The van der Waals surface area contributed by atoms with E-state index in [1.54, 1.807) is 7.11 Å². The first-order chi connectivity index (χ1) is 9.58. The monoisotopic (exact) mass is 313 g/mol. The van der Waals surface area contributed by atoms with Gasteiger partial charge in [0.1, 0.15) is 0 Å². The molecule has 0 unspecified atom stereocenters. The second-order valence-electron chi connectivity index (χ2n) is 9.55. The zero-order valence-corrected chi connectivity index (χ0v) is 16.6. The minimum Gasteiger partial charge on any atom is -0.383 e. The summed E-state index contributed by atoms with van der Waals surface area (Å²) in [5, 5.41) is 3.67. The predicted octanol–water partition coefficient (Wildman–Crippen LogP) is 4.78. The fraction of sp³-hybridized carbons (Fsp3) is 1.00. The molecule has 0 saturated heterocycles. The van der Waals surface area contributed by atoms with E-state index in [2.05, 4.69) is 45.7 Å². The Morgan fingerprint density at radius 1 is 1.14 bits per heavy atom. The molecule has 1 saturated carbocycles. The van der Waals surface area contributed by atoms with Gasteiger partial charge in [0, 0.05) is 28.3 Å². The van der Waals surface area contributed by atoms with Crippen molar-refractivity contribution < 1.29 is 4.74 Å². The average Bonchev–Trinajstić information content (AvgIpc) is 2.32.